The molecule has 1 saturated heterocycles. The van der Waals surface area contributed by atoms with Crippen molar-refractivity contribution >= 4 is 28.5 Å². The van der Waals surface area contributed by atoms with Crippen LogP contribution in [0.5, 0.6) is 0 Å². The van der Waals surface area contributed by atoms with Crippen molar-refractivity contribution in [3.63, 3.8) is 0 Å². The number of rotatable bonds is 4. The summed E-state index contributed by atoms with van der Waals surface area (Å²) in [5, 5.41) is 5.37. The van der Waals surface area contributed by atoms with Gasteiger partial charge in [-0.3, -0.25) is 9.69 Å². The average Bonchev–Trinajstić information content (AvgIpc) is 3.29. The van der Waals surface area contributed by atoms with Crippen molar-refractivity contribution in [2.75, 3.05) is 11.9 Å². The second-order valence-electron chi connectivity index (χ2n) is 7.67. The van der Waals surface area contributed by atoms with Gasteiger partial charge in [-0.1, -0.05) is 51.1 Å². The highest BCUT2D eigenvalue weighted by Crippen LogP contribution is 2.27. The van der Waals surface area contributed by atoms with Gasteiger partial charge in [-0.2, -0.15) is 0 Å². The number of anilines is 1. The highest BCUT2D eigenvalue weighted by Gasteiger charge is 2.35. The summed E-state index contributed by atoms with van der Waals surface area (Å²) in [5.74, 6) is -0.209. The van der Waals surface area contributed by atoms with Gasteiger partial charge in [0.2, 0.25) is 5.91 Å². The first-order valence-corrected chi connectivity index (χ1v) is 9.97. The van der Waals surface area contributed by atoms with E-state index >= 15 is 0 Å². The molecule has 3 rings (SSSR count). The molecule has 0 radical (unpaired) electrons. The fourth-order valence-corrected chi connectivity index (χ4v) is 3.86. The number of carbonyl (C=O) groups is 2. The van der Waals surface area contributed by atoms with Crippen LogP contribution in [0.25, 0.3) is 0 Å². The molecule has 1 aliphatic heterocycles. The molecule has 0 spiro atoms. The van der Waals surface area contributed by atoms with E-state index < -0.39 is 12.1 Å². The molecule has 1 N–H and O–H groups in total. The first-order valence-electron chi connectivity index (χ1n) is 9.09. The number of aromatic nitrogens is 1. The number of carbonyl (C=O) groups excluding carboxylic acids is 2. The largest absolute Gasteiger partial charge is 0.445 e. The van der Waals surface area contributed by atoms with Crippen molar-refractivity contribution in [3.8, 4) is 0 Å². The molecule has 0 saturated carbocycles. The lowest BCUT2D eigenvalue weighted by Crippen LogP contribution is -2.43. The molecule has 2 aromatic rings. The summed E-state index contributed by atoms with van der Waals surface area (Å²) in [5.41, 5.74) is 1.79. The lowest BCUT2D eigenvalue weighted by atomic mass is 9.93. The van der Waals surface area contributed by atoms with Crippen LogP contribution < -0.4 is 5.32 Å². The van der Waals surface area contributed by atoms with Gasteiger partial charge in [-0.15, -0.1) is 11.3 Å². The predicted octanol–water partition coefficient (Wildman–Crippen LogP) is 4.18. The molecule has 0 bridgehead atoms. The van der Waals surface area contributed by atoms with Crippen molar-refractivity contribution < 1.29 is 14.3 Å². The van der Waals surface area contributed by atoms with Gasteiger partial charge in [0.05, 0.1) is 5.69 Å². The van der Waals surface area contributed by atoms with Crippen LogP contribution >= 0.6 is 11.3 Å². The summed E-state index contributed by atoms with van der Waals surface area (Å²) in [7, 11) is 0. The number of nitrogens with one attached hydrogen (secondary N) is 1. The van der Waals surface area contributed by atoms with Crippen LogP contribution in [-0.2, 0) is 21.6 Å². The molecule has 144 valence electrons. The lowest BCUT2D eigenvalue weighted by Gasteiger charge is -2.23. The minimum Gasteiger partial charge on any atom is -0.445 e. The van der Waals surface area contributed by atoms with E-state index in [9.17, 15) is 9.59 Å². The molecule has 1 atom stereocenters. The Labute approximate surface area is 163 Å². The Morgan fingerprint density at radius 1 is 1.30 bits per heavy atom. The van der Waals surface area contributed by atoms with Crippen molar-refractivity contribution in [1.29, 1.82) is 0 Å². The number of hydrogen-bond acceptors (Lipinski definition) is 5. The molecular formula is C20H25N3O3S. The highest BCUT2D eigenvalue weighted by molar-refractivity contribution is 7.14. The summed E-state index contributed by atoms with van der Waals surface area (Å²) < 4.78 is 5.39. The molecule has 27 heavy (non-hydrogen) atoms. The standard InChI is InChI=1S/C20H25N3O3S/c1-20(2,3)16-13-27-18(21-16)22-17(24)15-10-7-11-23(15)19(25)26-12-14-8-5-4-6-9-14/h4-6,8-9,13,15H,7,10-12H2,1-3H3,(H,21,22,24). The third-order valence-corrected chi connectivity index (χ3v) is 5.26. The summed E-state index contributed by atoms with van der Waals surface area (Å²) >= 11 is 1.40. The number of likely N-dealkylation sites (tertiary alicyclic amines) is 1. The molecule has 6 nitrogen and oxygen atoms in total. The number of amides is 2. The van der Waals surface area contributed by atoms with Gasteiger partial charge in [0.25, 0.3) is 0 Å². The molecule has 1 unspecified atom stereocenters. The zero-order valence-corrected chi connectivity index (χ0v) is 16.7. The van der Waals surface area contributed by atoms with Gasteiger partial charge in [0.1, 0.15) is 12.6 Å². The first-order chi connectivity index (χ1) is 12.8. The minimum absolute atomic E-state index is 0.0693. The van der Waals surface area contributed by atoms with Gasteiger partial charge in [0.15, 0.2) is 5.13 Å². The molecule has 1 aliphatic rings. The number of nitrogens with zero attached hydrogens (tertiary/aromatic N) is 2. The number of ether oxygens (including phenoxy) is 1. The van der Waals surface area contributed by atoms with Crippen molar-refractivity contribution in [3.05, 3.63) is 47.0 Å². The van der Waals surface area contributed by atoms with Crippen LogP contribution in [0.4, 0.5) is 9.93 Å². The van der Waals surface area contributed by atoms with Crippen molar-refractivity contribution in [2.45, 2.75) is 51.7 Å². The van der Waals surface area contributed by atoms with E-state index in [-0.39, 0.29) is 17.9 Å². The van der Waals surface area contributed by atoms with E-state index in [1.807, 2.05) is 35.7 Å². The fourth-order valence-electron chi connectivity index (χ4n) is 2.92. The third-order valence-electron chi connectivity index (χ3n) is 4.50. The summed E-state index contributed by atoms with van der Waals surface area (Å²) in [6.07, 6.45) is 0.957. The first kappa shape index (κ1) is 19.4. The average molecular weight is 388 g/mol. The zero-order valence-electron chi connectivity index (χ0n) is 15.9. The van der Waals surface area contributed by atoms with Crippen LogP contribution in [0, 0.1) is 0 Å². The van der Waals surface area contributed by atoms with E-state index in [2.05, 4.69) is 31.1 Å². The molecule has 1 aromatic heterocycles. The molecule has 1 aromatic carbocycles. The molecule has 7 heteroatoms. The summed E-state index contributed by atoms with van der Waals surface area (Å²) in [6.45, 7) is 6.96. The van der Waals surface area contributed by atoms with E-state index in [4.69, 9.17) is 4.74 Å². The SMILES string of the molecule is CC(C)(C)c1csc(NC(=O)C2CCCN2C(=O)OCc2ccccc2)n1. The fraction of sp³-hybridized carbons (Fsp3) is 0.450. The van der Waals surface area contributed by atoms with Crippen molar-refractivity contribution in [1.82, 2.24) is 9.88 Å². The smallest absolute Gasteiger partial charge is 0.410 e. The van der Waals surface area contributed by atoms with Crippen LogP contribution in [0.2, 0.25) is 0 Å². The minimum atomic E-state index is -0.518. The third kappa shape index (κ3) is 4.86. The summed E-state index contributed by atoms with van der Waals surface area (Å²) in [4.78, 5) is 31.1. The predicted molar refractivity (Wildman–Crippen MR) is 106 cm³/mol. The monoisotopic (exact) mass is 387 g/mol. The van der Waals surface area contributed by atoms with E-state index in [0.717, 1.165) is 17.7 Å². The second-order valence-corrected chi connectivity index (χ2v) is 8.53. The van der Waals surface area contributed by atoms with Gasteiger partial charge in [0, 0.05) is 17.3 Å². The number of benzene rings is 1. The quantitative estimate of drug-likeness (QED) is 0.854. The maximum absolute atomic E-state index is 12.7. The molecule has 2 amide bonds. The van der Waals surface area contributed by atoms with Gasteiger partial charge < -0.3 is 10.1 Å². The second kappa shape index (κ2) is 8.08. The Bertz CT molecular complexity index is 798. The topological polar surface area (TPSA) is 71.5 Å². The number of thiazole rings is 1. The maximum Gasteiger partial charge on any atom is 0.410 e. The van der Waals surface area contributed by atoms with E-state index in [1.165, 1.54) is 16.2 Å². The Kier molecular flexibility index (Phi) is 5.79. The van der Waals surface area contributed by atoms with Gasteiger partial charge in [-0.25, -0.2) is 9.78 Å². The molecule has 1 fully saturated rings. The Hall–Kier alpha value is -2.41. The molecule has 2 heterocycles. The van der Waals surface area contributed by atoms with Gasteiger partial charge >= 0.3 is 6.09 Å². The maximum atomic E-state index is 12.7. The van der Waals surface area contributed by atoms with Crippen LogP contribution in [-0.4, -0.2) is 34.5 Å². The Balaban J connectivity index is 1.59. The summed E-state index contributed by atoms with van der Waals surface area (Å²) in [6, 6.07) is 8.99. The lowest BCUT2D eigenvalue weighted by molar-refractivity contribution is -0.120. The Morgan fingerprint density at radius 2 is 2.04 bits per heavy atom. The highest BCUT2D eigenvalue weighted by atomic mass is 32.1. The molecular weight excluding hydrogens is 362 g/mol. The normalized spacial score (nSPS) is 17.0. The van der Waals surface area contributed by atoms with Gasteiger partial charge in [-0.05, 0) is 18.4 Å². The number of hydrogen-bond donors (Lipinski definition) is 1. The van der Waals surface area contributed by atoms with E-state index in [1.54, 1.807) is 0 Å². The van der Waals surface area contributed by atoms with Crippen LogP contribution in [0.1, 0.15) is 44.9 Å². The molecule has 0 aliphatic carbocycles. The zero-order chi connectivity index (χ0) is 19.4. The Morgan fingerprint density at radius 3 is 2.70 bits per heavy atom. The van der Waals surface area contributed by atoms with Crippen LogP contribution in [0.3, 0.4) is 0 Å². The van der Waals surface area contributed by atoms with Crippen molar-refractivity contribution in [2.24, 2.45) is 0 Å². The van der Waals surface area contributed by atoms with E-state index in [0.29, 0.717) is 18.1 Å². The van der Waals surface area contributed by atoms with Crippen LogP contribution in [0.15, 0.2) is 35.7 Å².